The summed E-state index contributed by atoms with van der Waals surface area (Å²) >= 11 is 3.11. The van der Waals surface area contributed by atoms with Crippen LogP contribution in [-0.4, -0.2) is 29.2 Å². The van der Waals surface area contributed by atoms with Gasteiger partial charge in [-0.05, 0) is 77.5 Å². The molecule has 1 heterocycles. The fourth-order valence-corrected chi connectivity index (χ4v) is 4.69. The van der Waals surface area contributed by atoms with Gasteiger partial charge in [0.1, 0.15) is 6.61 Å². The van der Waals surface area contributed by atoms with E-state index >= 15 is 0 Å². The number of nitrogens with zero attached hydrogens (tertiary/aromatic N) is 2. The van der Waals surface area contributed by atoms with Crippen LogP contribution in [0.3, 0.4) is 0 Å². The molecule has 31 heavy (non-hydrogen) atoms. The molecule has 0 saturated carbocycles. The zero-order valence-corrected chi connectivity index (χ0v) is 20.2. The Morgan fingerprint density at radius 3 is 2.68 bits per heavy atom. The number of rotatable bonds is 8. The summed E-state index contributed by atoms with van der Waals surface area (Å²) in [5.41, 5.74) is 2.10. The van der Waals surface area contributed by atoms with E-state index in [0.717, 1.165) is 32.9 Å². The average Bonchev–Trinajstić information content (AvgIpc) is 3.01. The van der Waals surface area contributed by atoms with Crippen LogP contribution in [0.15, 0.2) is 41.3 Å². The summed E-state index contributed by atoms with van der Waals surface area (Å²) in [4.78, 5) is 26.3. The average molecular weight is 548 g/mol. The molecule has 2 amide bonds. The molecule has 8 heteroatoms. The molecule has 1 fully saturated rings. The number of nitriles is 1. The van der Waals surface area contributed by atoms with Crippen molar-refractivity contribution in [3.05, 3.63) is 61.6 Å². The summed E-state index contributed by atoms with van der Waals surface area (Å²) in [6, 6.07) is 13.1. The molecular formula is C23H21IN2O4S. The maximum atomic E-state index is 12.5. The third kappa shape index (κ3) is 5.40. The number of benzene rings is 2. The van der Waals surface area contributed by atoms with Crippen LogP contribution in [0.25, 0.3) is 6.08 Å². The van der Waals surface area contributed by atoms with Crippen molar-refractivity contribution >= 4 is 51.6 Å². The number of halogens is 1. The van der Waals surface area contributed by atoms with Crippen LogP contribution in [0.2, 0.25) is 0 Å². The highest BCUT2D eigenvalue weighted by Gasteiger charge is 2.34. The monoisotopic (exact) mass is 548 g/mol. The van der Waals surface area contributed by atoms with Crippen molar-refractivity contribution < 1.29 is 19.1 Å². The van der Waals surface area contributed by atoms with Crippen LogP contribution in [0, 0.1) is 14.9 Å². The van der Waals surface area contributed by atoms with E-state index in [1.54, 1.807) is 18.2 Å². The molecule has 6 nitrogen and oxygen atoms in total. The second-order valence-electron chi connectivity index (χ2n) is 6.65. The highest BCUT2D eigenvalue weighted by Crippen LogP contribution is 2.38. The maximum absolute atomic E-state index is 12.5. The second kappa shape index (κ2) is 10.7. The molecule has 160 valence electrons. The van der Waals surface area contributed by atoms with Gasteiger partial charge in [-0.15, -0.1) is 0 Å². The zero-order chi connectivity index (χ0) is 22.4. The molecule has 1 aliphatic heterocycles. The van der Waals surface area contributed by atoms with E-state index in [0.29, 0.717) is 35.1 Å². The summed E-state index contributed by atoms with van der Waals surface area (Å²) in [6.45, 7) is 4.90. The topological polar surface area (TPSA) is 79.6 Å². The minimum atomic E-state index is -0.266. The van der Waals surface area contributed by atoms with Crippen molar-refractivity contribution in [2.45, 2.75) is 26.9 Å². The van der Waals surface area contributed by atoms with Gasteiger partial charge in [0.05, 0.1) is 26.7 Å². The molecule has 2 aromatic carbocycles. The van der Waals surface area contributed by atoms with Crippen LogP contribution in [0.4, 0.5) is 4.79 Å². The first-order chi connectivity index (χ1) is 15.0. The lowest BCUT2D eigenvalue weighted by Crippen LogP contribution is -2.28. The fraction of sp³-hybridized carbons (Fsp3) is 0.261. The van der Waals surface area contributed by atoms with E-state index in [-0.39, 0.29) is 17.8 Å². The predicted molar refractivity (Wildman–Crippen MR) is 129 cm³/mol. The number of ether oxygens (including phenoxy) is 2. The molecule has 0 aliphatic carbocycles. The minimum Gasteiger partial charge on any atom is -0.490 e. The molecule has 0 bridgehead atoms. The van der Waals surface area contributed by atoms with Crippen molar-refractivity contribution in [3.63, 3.8) is 0 Å². The summed E-state index contributed by atoms with van der Waals surface area (Å²) in [6.07, 6.45) is 2.43. The number of hydrogen-bond donors (Lipinski definition) is 0. The lowest BCUT2D eigenvalue weighted by atomic mass is 10.1. The predicted octanol–water partition coefficient (Wildman–Crippen LogP) is 5.59. The van der Waals surface area contributed by atoms with E-state index in [1.165, 1.54) is 4.90 Å². The third-order valence-corrected chi connectivity index (χ3v) is 6.17. The first kappa shape index (κ1) is 23.2. The second-order valence-corrected chi connectivity index (χ2v) is 8.81. The van der Waals surface area contributed by atoms with E-state index in [4.69, 9.17) is 9.47 Å². The smallest absolute Gasteiger partial charge is 0.293 e. The van der Waals surface area contributed by atoms with Gasteiger partial charge in [0, 0.05) is 12.1 Å². The Morgan fingerprint density at radius 2 is 1.97 bits per heavy atom. The number of imide groups is 1. The van der Waals surface area contributed by atoms with Gasteiger partial charge in [-0.2, -0.15) is 5.26 Å². The van der Waals surface area contributed by atoms with Crippen LogP contribution < -0.4 is 9.47 Å². The van der Waals surface area contributed by atoms with E-state index < -0.39 is 0 Å². The first-order valence-corrected chi connectivity index (χ1v) is 11.7. The number of carbonyl (C=O) groups excluding carboxylic acids is 2. The van der Waals surface area contributed by atoms with Gasteiger partial charge in [0.25, 0.3) is 11.1 Å². The summed E-state index contributed by atoms with van der Waals surface area (Å²) in [7, 11) is 0. The van der Waals surface area contributed by atoms with E-state index in [2.05, 4.69) is 28.7 Å². The van der Waals surface area contributed by atoms with Crippen molar-refractivity contribution in [1.29, 1.82) is 5.26 Å². The molecule has 1 saturated heterocycles. The zero-order valence-electron chi connectivity index (χ0n) is 17.2. The van der Waals surface area contributed by atoms with Gasteiger partial charge < -0.3 is 9.47 Å². The Kier molecular flexibility index (Phi) is 7.98. The Morgan fingerprint density at radius 1 is 1.19 bits per heavy atom. The summed E-state index contributed by atoms with van der Waals surface area (Å²) in [5.74, 6) is 0.854. The Bertz CT molecular complexity index is 1080. The number of thioether (sulfide) groups is 1. The van der Waals surface area contributed by atoms with Crippen molar-refractivity contribution in [2.75, 3.05) is 13.2 Å². The molecule has 2 aromatic rings. The highest BCUT2D eigenvalue weighted by atomic mass is 127. The lowest BCUT2D eigenvalue weighted by Gasteiger charge is -2.15. The van der Waals surface area contributed by atoms with Crippen LogP contribution in [0.5, 0.6) is 11.5 Å². The molecule has 1 aliphatic rings. The van der Waals surface area contributed by atoms with Crippen LogP contribution in [-0.2, 0) is 11.4 Å². The Balaban J connectivity index is 1.88. The van der Waals surface area contributed by atoms with Crippen LogP contribution in [0.1, 0.15) is 37.0 Å². The highest BCUT2D eigenvalue weighted by molar-refractivity contribution is 14.1. The molecule has 0 N–H and O–H groups in total. The normalized spacial score (nSPS) is 14.8. The number of amides is 2. The minimum absolute atomic E-state index is 0.231. The van der Waals surface area contributed by atoms with Gasteiger partial charge in [-0.25, -0.2) is 0 Å². The SMILES string of the molecule is CCCN1C(=O)S/C(=C/c2cc(I)c(OCc3ccccc3C#N)c(OCC)c2)C1=O. The molecule has 0 aromatic heterocycles. The van der Waals surface area contributed by atoms with Gasteiger partial charge in [-0.3, -0.25) is 14.5 Å². The van der Waals surface area contributed by atoms with Crippen molar-refractivity contribution in [1.82, 2.24) is 4.90 Å². The largest absolute Gasteiger partial charge is 0.490 e. The number of carbonyl (C=O) groups is 2. The third-order valence-electron chi connectivity index (χ3n) is 4.46. The Hall–Kier alpha value is -2.51. The summed E-state index contributed by atoms with van der Waals surface area (Å²) < 4.78 is 12.6. The molecule has 0 spiro atoms. The van der Waals surface area contributed by atoms with Gasteiger partial charge in [0.2, 0.25) is 0 Å². The maximum Gasteiger partial charge on any atom is 0.293 e. The van der Waals surface area contributed by atoms with Crippen molar-refractivity contribution in [3.8, 4) is 17.6 Å². The lowest BCUT2D eigenvalue weighted by molar-refractivity contribution is -0.122. The fourth-order valence-electron chi connectivity index (χ4n) is 3.05. The molecule has 0 atom stereocenters. The molecule has 0 radical (unpaired) electrons. The summed E-state index contributed by atoms with van der Waals surface area (Å²) in [5, 5.41) is 9.04. The standard InChI is InChI=1S/C23H21IN2O4S/c1-3-9-26-22(27)20(31-23(26)28)12-15-10-18(24)21(19(11-15)29-4-2)30-14-17-8-6-5-7-16(17)13-25/h5-8,10-12H,3-4,9,14H2,1-2H3/b20-12+. The van der Waals surface area contributed by atoms with Gasteiger partial charge in [-0.1, -0.05) is 25.1 Å². The number of hydrogen-bond acceptors (Lipinski definition) is 6. The first-order valence-electron chi connectivity index (χ1n) is 9.81. The van der Waals surface area contributed by atoms with E-state index in [9.17, 15) is 14.9 Å². The molecule has 0 unspecified atom stereocenters. The van der Waals surface area contributed by atoms with Gasteiger partial charge in [0.15, 0.2) is 11.5 Å². The molecular weight excluding hydrogens is 527 g/mol. The molecule has 3 rings (SSSR count). The van der Waals surface area contributed by atoms with Gasteiger partial charge >= 0.3 is 0 Å². The van der Waals surface area contributed by atoms with Crippen molar-refractivity contribution in [2.24, 2.45) is 0 Å². The quantitative estimate of drug-likeness (QED) is 0.316. The van der Waals surface area contributed by atoms with E-state index in [1.807, 2.05) is 38.1 Å². The Labute approximate surface area is 199 Å². The van der Waals surface area contributed by atoms with Crippen LogP contribution >= 0.6 is 34.4 Å².